The summed E-state index contributed by atoms with van der Waals surface area (Å²) in [4.78, 5) is 0. The fraction of sp³-hybridized carbons (Fsp3) is 1.00. The van der Waals surface area contributed by atoms with Crippen molar-refractivity contribution in [2.24, 2.45) is 11.8 Å². The van der Waals surface area contributed by atoms with E-state index < -0.39 is 0 Å². The number of nitrogens with one attached hydrogen (secondary N) is 1. The lowest BCUT2D eigenvalue weighted by Gasteiger charge is -2.32. The Bertz CT molecular complexity index is 149. The van der Waals surface area contributed by atoms with Crippen molar-refractivity contribution in [1.82, 2.24) is 5.32 Å². The summed E-state index contributed by atoms with van der Waals surface area (Å²) in [5.41, 5.74) is 0. The standard InChI is InChI=1S/C14H29N/c1-4-12(3)11-14(15-5-2)13-9-7-6-8-10-13/h12-15H,4-11H2,1-3H3. The Morgan fingerprint density at radius 1 is 1.13 bits per heavy atom. The molecule has 1 aliphatic rings. The topological polar surface area (TPSA) is 12.0 Å². The van der Waals surface area contributed by atoms with E-state index in [2.05, 4.69) is 26.1 Å². The summed E-state index contributed by atoms with van der Waals surface area (Å²) >= 11 is 0. The average Bonchev–Trinajstić information content (AvgIpc) is 2.29. The minimum absolute atomic E-state index is 0.797. The summed E-state index contributed by atoms with van der Waals surface area (Å²) in [6.07, 6.45) is 10.0. The van der Waals surface area contributed by atoms with Gasteiger partial charge >= 0.3 is 0 Å². The lowest BCUT2D eigenvalue weighted by molar-refractivity contribution is 0.238. The summed E-state index contributed by atoms with van der Waals surface area (Å²) in [6, 6.07) is 0.797. The van der Waals surface area contributed by atoms with E-state index >= 15 is 0 Å². The van der Waals surface area contributed by atoms with Crippen LogP contribution in [0.2, 0.25) is 0 Å². The fourth-order valence-corrected chi connectivity index (χ4v) is 2.84. The molecule has 0 heterocycles. The molecule has 90 valence electrons. The molecule has 0 bridgehead atoms. The molecule has 1 rings (SSSR count). The Kier molecular flexibility index (Phi) is 6.31. The molecular weight excluding hydrogens is 182 g/mol. The van der Waals surface area contributed by atoms with Crippen LogP contribution in [-0.4, -0.2) is 12.6 Å². The quantitative estimate of drug-likeness (QED) is 0.700. The Labute approximate surface area is 96.0 Å². The zero-order valence-electron chi connectivity index (χ0n) is 10.9. The van der Waals surface area contributed by atoms with Gasteiger partial charge in [-0.15, -0.1) is 0 Å². The highest BCUT2D eigenvalue weighted by atomic mass is 14.9. The second-order valence-corrected chi connectivity index (χ2v) is 5.31. The largest absolute Gasteiger partial charge is 0.314 e. The Morgan fingerprint density at radius 2 is 1.80 bits per heavy atom. The van der Waals surface area contributed by atoms with Gasteiger partial charge in [0.15, 0.2) is 0 Å². The first-order chi connectivity index (χ1) is 7.27. The molecule has 2 atom stereocenters. The summed E-state index contributed by atoms with van der Waals surface area (Å²) in [5, 5.41) is 3.72. The van der Waals surface area contributed by atoms with Crippen molar-refractivity contribution in [2.45, 2.75) is 71.8 Å². The lowest BCUT2D eigenvalue weighted by atomic mass is 9.80. The third-order valence-corrected chi connectivity index (χ3v) is 4.04. The SMILES string of the molecule is CCNC(CC(C)CC)C1CCCCC1. The molecule has 1 saturated carbocycles. The molecular formula is C14H29N. The Hall–Kier alpha value is -0.0400. The zero-order valence-corrected chi connectivity index (χ0v) is 10.9. The number of hydrogen-bond donors (Lipinski definition) is 1. The first kappa shape index (κ1) is 13.0. The van der Waals surface area contributed by atoms with E-state index in [1.165, 1.54) is 44.9 Å². The molecule has 0 aromatic carbocycles. The number of rotatable bonds is 6. The molecule has 1 N–H and O–H groups in total. The van der Waals surface area contributed by atoms with Crippen LogP contribution < -0.4 is 5.32 Å². The van der Waals surface area contributed by atoms with Crippen LogP contribution in [0, 0.1) is 11.8 Å². The van der Waals surface area contributed by atoms with E-state index in [0.29, 0.717) is 0 Å². The van der Waals surface area contributed by atoms with Crippen LogP contribution in [0.1, 0.15) is 65.7 Å². The van der Waals surface area contributed by atoms with E-state index in [1.807, 2.05) is 0 Å². The van der Waals surface area contributed by atoms with Gasteiger partial charge in [0.05, 0.1) is 0 Å². The van der Waals surface area contributed by atoms with Crippen LogP contribution in [0.4, 0.5) is 0 Å². The van der Waals surface area contributed by atoms with Crippen LogP contribution >= 0.6 is 0 Å². The molecule has 0 aliphatic heterocycles. The molecule has 15 heavy (non-hydrogen) atoms. The Morgan fingerprint density at radius 3 is 2.33 bits per heavy atom. The summed E-state index contributed by atoms with van der Waals surface area (Å²) in [7, 11) is 0. The normalized spacial score (nSPS) is 22.6. The monoisotopic (exact) mass is 211 g/mol. The van der Waals surface area contributed by atoms with Gasteiger partial charge < -0.3 is 5.32 Å². The fourth-order valence-electron chi connectivity index (χ4n) is 2.84. The maximum absolute atomic E-state index is 3.72. The molecule has 1 nitrogen and oxygen atoms in total. The molecule has 0 aromatic heterocycles. The van der Waals surface area contributed by atoms with Crippen molar-refractivity contribution in [1.29, 1.82) is 0 Å². The zero-order chi connectivity index (χ0) is 11.1. The van der Waals surface area contributed by atoms with Crippen LogP contribution in [0.5, 0.6) is 0 Å². The van der Waals surface area contributed by atoms with Crippen LogP contribution in [0.15, 0.2) is 0 Å². The predicted molar refractivity (Wildman–Crippen MR) is 68.1 cm³/mol. The molecule has 1 aliphatic carbocycles. The maximum atomic E-state index is 3.72. The molecule has 0 amide bonds. The molecule has 0 saturated heterocycles. The second-order valence-electron chi connectivity index (χ2n) is 5.31. The van der Waals surface area contributed by atoms with Crippen LogP contribution in [-0.2, 0) is 0 Å². The van der Waals surface area contributed by atoms with E-state index in [0.717, 1.165) is 24.4 Å². The molecule has 0 radical (unpaired) electrons. The molecule has 2 unspecified atom stereocenters. The van der Waals surface area contributed by atoms with Crippen LogP contribution in [0.3, 0.4) is 0 Å². The summed E-state index contributed by atoms with van der Waals surface area (Å²) in [5.74, 6) is 1.85. The van der Waals surface area contributed by atoms with Gasteiger partial charge in [-0.25, -0.2) is 0 Å². The highest BCUT2D eigenvalue weighted by Gasteiger charge is 2.23. The van der Waals surface area contributed by atoms with Gasteiger partial charge in [0.1, 0.15) is 0 Å². The van der Waals surface area contributed by atoms with Gasteiger partial charge in [-0.05, 0) is 37.6 Å². The van der Waals surface area contributed by atoms with Gasteiger partial charge in [0, 0.05) is 6.04 Å². The predicted octanol–water partition coefficient (Wildman–Crippen LogP) is 3.98. The smallest absolute Gasteiger partial charge is 0.00977 e. The highest BCUT2D eigenvalue weighted by molar-refractivity contribution is 4.80. The minimum Gasteiger partial charge on any atom is -0.314 e. The van der Waals surface area contributed by atoms with Gasteiger partial charge in [-0.1, -0.05) is 46.5 Å². The highest BCUT2D eigenvalue weighted by Crippen LogP contribution is 2.29. The summed E-state index contributed by atoms with van der Waals surface area (Å²) < 4.78 is 0. The Balaban J connectivity index is 2.39. The van der Waals surface area contributed by atoms with E-state index in [4.69, 9.17) is 0 Å². The lowest BCUT2D eigenvalue weighted by Crippen LogP contribution is -2.38. The first-order valence-corrected chi connectivity index (χ1v) is 7.01. The van der Waals surface area contributed by atoms with E-state index in [1.54, 1.807) is 0 Å². The van der Waals surface area contributed by atoms with Crippen molar-refractivity contribution in [3.63, 3.8) is 0 Å². The molecule has 0 spiro atoms. The first-order valence-electron chi connectivity index (χ1n) is 7.01. The van der Waals surface area contributed by atoms with Gasteiger partial charge in [0.2, 0.25) is 0 Å². The average molecular weight is 211 g/mol. The number of hydrogen-bond acceptors (Lipinski definition) is 1. The van der Waals surface area contributed by atoms with Crippen molar-refractivity contribution >= 4 is 0 Å². The minimum atomic E-state index is 0.797. The second kappa shape index (κ2) is 7.27. The van der Waals surface area contributed by atoms with Crippen molar-refractivity contribution in [3.05, 3.63) is 0 Å². The van der Waals surface area contributed by atoms with Crippen molar-refractivity contribution in [2.75, 3.05) is 6.54 Å². The van der Waals surface area contributed by atoms with Gasteiger partial charge in [-0.3, -0.25) is 0 Å². The van der Waals surface area contributed by atoms with Gasteiger partial charge in [-0.2, -0.15) is 0 Å². The van der Waals surface area contributed by atoms with E-state index in [-0.39, 0.29) is 0 Å². The van der Waals surface area contributed by atoms with Crippen molar-refractivity contribution < 1.29 is 0 Å². The molecule has 0 aromatic rings. The van der Waals surface area contributed by atoms with Crippen molar-refractivity contribution in [3.8, 4) is 0 Å². The molecule has 1 fully saturated rings. The van der Waals surface area contributed by atoms with Crippen LogP contribution in [0.25, 0.3) is 0 Å². The maximum Gasteiger partial charge on any atom is 0.00977 e. The third-order valence-electron chi connectivity index (χ3n) is 4.04. The molecule has 1 heteroatoms. The van der Waals surface area contributed by atoms with E-state index in [9.17, 15) is 0 Å². The third kappa shape index (κ3) is 4.55. The van der Waals surface area contributed by atoms with Gasteiger partial charge in [0.25, 0.3) is 0 Å². The summed E-state index contributed by atoms with van der Waals surface area (Å²) in [6.45, 7) is 8.09.